The highest BCUT2D eigenvalue weighted by Gasteiger charge is 2.27. The first kappa shape index (κ1) is 16.6. The van der Waals surface area contributed by atoms with Gasteiger partial charge in [-0.15, -0.1) is 0 Å². The van der Waals surface area contributed by atoms with Crippen molar-refractivity contribution in [3.8, 4) is 11.5 Å². The second kappa shape index (κ2) is 6.78. The molecule has 0 bridgehead atoms. The summed E-state index contributed by atoms with van der Waals surface area (Å²) in [4.78, 5) is 2.30. The van der Waals surface area contributed by atoms with Gasteiger partial charge >= 0.3 is 0 Å². The molecule has 1 fully saturated rings. The van der Waals surface area contributed by atoms with Gasteiger partial charge in [0.25, 0.3) is 0 Å². The number of morpholine rings is 1. The predicted molar refractivity (Wildman–Crippen MR) is 94.3 cm³/mol. The van der Waals surface area contributed by atoms with E-state index in [1.54, 1.807) is 0 Å². The third-order valence-corrected chi connectivity index (χ3v) is 5.01. The van der Waals surface area contributed by atoms with E-state index in [1.807, 2.05) is 40.6 Å². The van der Waals surface area contributed by atoms with Crippen LogP contribution in [0.3, 0.4) is 0 Å². The Morgan fingerprint density at radius 3 is 2.88 bits per heavy atom. The quantitative estimate of drug-likeness (QED) is 0.780. The predicted octanol–water partition coefficient (Wildman–Crippen LogP) is 2.14. The Morgan fingerprint density at radius 1 is 1.28 bits per heavy atom. The van der Waals surface area contributed by atoms with Gasteiger partial charge in [0.05, 0.1) is 19.4 Å². The number of hydrogen-bond acceptors (Lipinski definition) is 6. The van der Waals surface area contributed by atoms with E-state index < -0.39 is 0 Å². The molecule has 2 aliphatic rings. The maximum atomic E-state index is 6.07. The SMILES string of the molecule is C[C@@H]1CN(Cn2nc([C@H]3COc4ccccc4O3)n(C)c2=S)CCO1. The lowest BCUT2D eigenvalue weighted by Crippen LogP contribution is -2.42. The van der Waals surface area contributed by atoms with Crippen LogP contribution in [0.1, 0.15) is 18.9 Å². The van der Waals surface area contributed by atoms with E-state index in [2.05, 4.69) is 11.8 Å². The van der Waals surface area contributed by atoms with Gasteiger partial charge in [-0.2, -0.15) is 5.10 Å². The van der Waals surface area contributed by atoms with Crippen molar-refractivity contribution in [3.63, 3.8) is 0 Å². The Bertz CT molecular complexity index is 818. The van der Waals surface area contributed by atoms with Gasteiger partial charge < -0.3 is 18.8 Å². The van der Waals surface area contributed by atoms with Crippen LogP contribution in [0.5, 0.6) is 11.5 Å². The summed E-state index contributed by atoms with van der Waals surface area (Å²) in [7, 11) is 1.92. The van der Waals surface area contributed by atoms with Crippen LogP contribution in [0.2, 0.25) is 0 Å². The van der Waals surface area contributed by atoms with Gasteiger partial charge in [0.15, 0.2) is 28.2 Å². The van der Waals surface area contributed by atoms with Crippen LogP contribution >= 0.6 is 12.2 Å². The molecule has 2 atom stereocenters. The molecule has 0 aliphatic carbocycles. The molecule has 7 nitrogen and oxygen atoms in total. The maximum Gasteiger partial charge on any atom is 0.198 e. The van der Waals surface area contributed by atoms with E-state index in [0.717, 1.165) is 37.0 Å². The van der Waals surface area contributed by atoms with Crippen molar-refractivity contribution in [2.24, 2.45) is 7.05 Å². The Kier molecular flexibility index (Phi) is 4.49. The first-order chi connectivity index (χ1) is 12.1. The number of ether oxygens (including phenoxy) is 3. The first-order valence-corrected chi connectivity index (χ1v) is 8.89. The number of aromatic nitrogens is 3. The van der Waals surface area contributed by atoms with Crippen molar-refractivity contribution in [1.82, 2.24) is 19.2 Å². The molecule has 2 aromatic rings. The Morgan fingerprint density at radius 2 is 2.08 bits per heavy atom. The van der Waals surface area contributed by atoms with Crippen LogP contribution in [0.4, 0.5) is 0 Å². The van der Waals surface area contributed by atoms with Crippen LogP contribution in [0.15, 0.2) is 24.3 Å². The first-order valence-electron chi connectivity index (χ1n) is 8.48. The van der Waals surface area contributed by atoms with E-state index in [4.69, 9.17) is 31.5 Å². The Balaban J connectivity index is 1.54. The Labute approximate surface area is 151 Å². The molecule has 0 N–H and O–H groups in total. The lowest BCUT2D eigenvalue weighted by atomic mass is 10.2. The van der Waals surface area contributed by atoms with Crippen LogP contribution in [0.25, 0.3) is 0 Å². The Hall–Kier alpha value is -1.90. The molecule has 4 rings (SSSR count). The van der Waals surface area contributed by atoms with Gasteiger partial charge in [0.2, 0.25) is 0 Å². The number of benzene rings is 1. The van der Waals surface area contributed by atoms with Crippen molar-refractivity contribution >= 4 is 12.2 Å². The highest BCUT2D eigenvalue weighted by molar-refractivity contribution is 7.71. The molecule has 8 heteroatoms. The second-order valence-corrected chi connectivity index (χ2v) is 6.83. The molecule has 0 radical (unpaired) electrons. The summed E-state index contributed by atoms with van der Waals surface area (Å²) in [5.41, 5.74) is 0. The zero-order valence-electron chi connectivity index (χ0n) is 14.4. The average molecular weight is 362 g/mol. The molecule has 0 spiro atoms. The molecular formula is C17H22N4O3S. The molecule has 1 saturated heterocycles. The molecule has 1 aromatic heterocycles. The lowest BCUT2D eigenvalue weighted by Gasteiger charge is -2.30. The van der Waals surface area contributed by atoms with Gasteiger partial charge in [0, 0.05) is 20.1 Å². The van der Waals surface area contributed by atoms with Crippen molar-refractivity contribution in [1.29, 1.82) is 0 Å². The fourth-order valence-corrected chi connectivity index (χ4v) is 3.42. The second-order valence-electron chi connectivity index (χ2n) is 6.46. The van der Waals surface area contributed by atoms with E-state index in [9.17, 15) is 0 Å². The minimum absolute atomic E-state index is 0.234. The largest absolute Gasteiger partial charge is 0.485 e. The number of fused-ring (bicyclic) bond motifs is 1. The lowest BCUT2D eigenvalue weighted by molar-refractivity contribution is -0.0308. The monoisotopic (exact) mass is 362 g/mol. The molecule has 2 aliphatic heterocycles. The molecular weight excluding hydrogens is 340 g/mol. The highest BCUT2D eigenvalue weighted by Crippen LogP contribution is 2.35. The van der Waals surface area contributed by atoms with Gasteiger partial charge in [-0.25, -0.2) is 4.68 Å². The zero-order chi connectivity index (χ0) is 17.4. The summed E-state index contributed by atoms with van der Waals surface area (Å²) in [5, 5.41) is 4.71. The fraction of sp³-hybridized carbons (Fsp3) is 0.529. The fourth-order valence-electron chi connectivity index (χ4n) is 3.23. The van der Waals surface area contributed by atoms with Crippen molar-refractivity contribution in [3.05, 3.63) is 34.9 Å². The van der Waals surface area contributed by atoms with Crippen LogP contribution in [-0.2, 0) is 18.5 Å². The number of para-hydroxylation sites is 2. The molecule has 134 valence electrons. The topological polar surface area (TPSA) is 53.7 Å². The highest BCUT2D eigenvalue weighted by atomic mass is 32.1. The average Bonchev–Trinajstić information content (AvgIpc) is 2.90. The van der Waals surface area contributed by atoms with Gasteiger partial charge in [-0.1, -0.05) is 12.1 Å². The van der Waals surface area contributed by atoms with Crippen molar-refractivity contribution in [2.45, 2.75) is 25.8 Å². The molecule has 25 heavy (non-hydrogen) atoms. The maximum absolute atomic E-state index is 6.07. The molecule has 0 saturated carbocycles. The van der Waals surface area contributed by atoms with E-state index in [0.29, 0.717) is 18.0 Å². The van der Waals surface area contributed by atoms with Crippen LogP contribution < -0.4 is 9.47 Å². The molecule has 0 amide bonds. The third-order valence-electron chi connectivity index (χ3n) is 4.53. The summed E-state index contributed by atoms with van der Waals surface area (Å²) in [5.74, 6) is 2.28. The summed E-state index contributed by atoms with van der Waals surface area (Å²) >= 11 is 5.57. The zero-order valence-corrected chi connectivity index (χ0v) is 15.2. The standard InChI is InChI=1S/C17H22N4O3S/c1-12-9-20(7-8-22-12)11-21-17(25)19(2)16(18-21)15-10-23-13-5-3-4-6-14(13)24-15/h3-6,12,15H,7-11H2,1-2H3/t12-,15-/m1/s1. The summed E-state index contributed by atoms with van der Waals surface area (Å²) in [6.07, 6.45) is -0.0378. The summed E-state index contributed by atoms with van der Waals surface area (Å²) in [6.45, 7) is 5.67. The van der Waals surface area contributed by atoms with Crippen LogP contribution in [0, 0.1) is 4.77 Å². The number of rotatable bonds is 3. The number of hydrogen-bond donors (Lipinski definition) is 0. The van der Waals surface area contributed by atoms with Gasteiger partial charge in [-0.05, 0) is 31.3 Å². The minimum atomic E-state index is -0.272. The minimum Gasteiger partial charge on any atom is -0.485 e. The van der Waals surface area contributed by atoms with E-state index >= 15 is 0 Å². The molecule has 3 heterocycles. The van der Waals surface area contributed by atoms with E-state index in [1.165, 1.54) is 0 Å². The van der Waals surface area contributed by atoms with Crippen molar-refractivity contribution < 1.29 is 14.2 Å². The summed E-state index contributed by atoms with van der Waals surface area (Å²) in [6, 6.07) is 7.67. The summed E-state index contributed by atoms with van der Waals surface area (Å²) < 4.78 is 21.9. The van der Waals surface area contributed by atoms with E-state index in [-0.39, 0.29) is 12.2 Å². The molecule has 1 aromatic carbocycles. The molecule has 0 unspecified atom stereocenters. The normalized spacial score (nSPS) is 23.6. The van der Waals surface area contributed by atoms with Gasteiger partial charge in [-0.3, -0.25) is 4.90 Å². The van der Waals surface area contributed by atoms with Gasteiger partial charge in [0.1, 0.15) is 6.61 Å². The van der Waals surface area contributed by atoms with Crippen molar-refractivity contribution in [2.75, 3.05) is 26.3 Å². The number of nitrogens with zero attached hydrogens (tertiary/aromatic N) is 4. The third kappa shape index (κ3) is 3.29. The van der Waals surface area contributed by atoms with Crippen LogP contribution in [-0.4, -0.2) is 51.7 Å². The smallest absolute Gasteiger partial charge is 0.198 e.